The molecule has 0 aliphatic carbocycles. The summed E-state index contributed by atoms with van der Waals surface area (Å²) in [5.41, 5.74) is 0. The van der Waals surface area contributed by atoms with Gasteiger partial charge in [-0.25, -0.2) is 0 Å². The standard InChI is InChI=1S/C5H17NSi2/c1-2-3-4-5-8(6)7/h8H,2-6H2,1,7H3. The molecular formula is C5H17NSi2. The molecule has 0 radical (unpaired) electrons. The number of nitrogens with two attached hydrogens (primary N) is 1. The van der Waals surface area contributed by atoms with E-state index in [9.17, 15) is 0 Å². The van der Waals surface area contributed by atoms with Gasteiger partial charge in [0.2, 0.25) is 0 Å². The van der Waals surface area contributed by atoms with E-state index in [4.69, 9.17) is 5.40 Å². The fraction of sp³-hybridized carbons (Fsp3) is 1.00. The summed E-state index contributed by atoms with van der Waals surface area (Å²) in [6.07, 6.45) is 4.12. The zero-order chi connectivity index (χ0) is 6.41. The van der Waals surface area contributed by atoms with Crippen molar-refractivity contribution >= 4 is 18.2 Å². The second-order valence-electron chi connectivity index (χ2n) is 2.47. The summed E-state index contributed by atoms with van der Waals surface area (Å²) in [5, 5.41) is 5.73. The monoisotopic (exact) mass is 147 g/mol. The van der Waals surface area contributed by atoms with Crippen molar-refractivity contribution in [3.63, 3.8) is 0 Å². The first-order chi connectivity index (χ1) is 3.77. The molecule has 1 unspecified atom stereocenters. The van der Waals surface area contributed by atoms with Crippen molar-refractivity contribution in [3.05, 3.63) is 0 Å². The average molecular weight is 147 g/mol. The zero-order valence-electron chi connectivity index (χ0n) is 5.98. The normalized spacial score (nSPS) is 14.2. The minimum absolute atomic E-state index is 0.563. The quantitative estimate of drug-likeness (QED) is 0.430. The van der Waals surface area contributed by atoms with Crippen molar-refractivity contribution in [1.82, 2.24) is 0 Å². The molecule has 0 spiro atoms. The first kappa shape index (κ1) is 8.39. The molecule has 0 aromatic rings. The molecule has 0 aliphatic rings. The molecule has 1 nitrogen and oxygen atoms in total. The van der Waals surface area contributed by atoms with Crippen molar-refractivity contribution in [1.29, 1.82) is 0 Å². The first-order valence-electron chi connectivity index (χ1n) is 3.53. The van der Waals surface area contributed by atoms with Crippen LogP contribution in [0.4, 0.5) is 0 Å². The summed E-state index contributed by atoms with van der Waals surface area (Å²) in [7, 11) is 0.739. The molecule has 0 aromatic carbocycles. The molecule has 0 saturated carbocycles. The van der Waals surface area contributed by atoms with Gasteiger partial charge in [-0.1, -0.05) is 32.2 Å². The van der Waals surface area contributed by atoms with Gasteiger partial charge in [0.05, 0.1) is 8.48 Å². The Kier molecular flexibility index (Phi) is 5.80. The summed E-state index contributed by atoms with van der Waals surface area (Å²) in [4.78, 5) is 0. The van der Waals surface area contributed by atoms with Gasteiger partial charge in [-0.2, -0.15) is 0 Å². The van der Waals surface area contributed by atoms with Crippen LogP contribution < -0.4 is 5.40 Å². The second-order valence-corrected chi connectivity index (χ2v) is 9.45. The van der Waals surface area contributed by atoms with Crippen LogP contribution in [0.1, 0.15) is 26.2 Å². The van der Waals surface area contributed by atoms with Crippen LogP contribution in [0.25, 0.3) is 0 Å². The Labute approximate surface area is 56.6 Å². The molecule has 8 heavy (non-hydrogen) atoms. The predicted octanol–water partition coefficient (Wildman–Crippen LogP) is -0.279. The third-order valence-electron chi connectivity index (χ3n) is 1.26. The van der Waals surface area contributed by atoms with Gasteiger partial charge in [0, 0.05) is 9.76 Å². The van der Waals surface area contributed by atoms with E-state index in [1.165, 1.54) is 35.1 Å². The fourth-order valence-electron chi connectivity index (χ4n) is 0.716. The van der Waals surface area contributed by atoms with Crippen LogP contribution in [-0.2, 0) is 0 Å². The highest BCUT2D eigenvalue weighted by molar-refractivity contribution is 7.01. The molecule has 0 fully saturated rings. The molecule has 0 amide bonds. The van der Waals surface area contributed by atoms with E-state index in [1.54, 1.807) is 0 Å². The van der Waals surface area contributed by atoms with E-state index < -0.39 is 8.48 Å². The van der Waals surface area contributed by atoms with E-state index in [0.717, 1.165) is 0 Å². The molecule has 0 saturated heterocycles. The topological polar surface area (TPSA) is 26.0 Å². The minimum Gasteiger partial charge on any atom is -0.356 e. The van der Waals surface area contributed by atoms with Crippen LogP contribution in [0.3, 0.4) is 0 Å². The number of hydrogen-bond donors (Lipinski definition) is 1. The molecule has 0 aliphatic heterocycles. The van der Waals surface area contributed by atoms with Crippen molar-refractivity contribution in [2.45, 2.75) is 32.2 Å². The zero-order valence-corrected chi connectivity index (χ0v) is 9.14. The number of hydrogen-bond acceptors (Lipinski definition) is 1. The van der Waals surface area contributed by atoms with Crippen molar-refractivity contribution in [2.75, 3.05) is 0 Å². The molecule has 0 rings (SSSR count). The van der Waals surface area contributed by atoms with Gasteiger partial charge >= 0.3 is 0 Å². The molecule has 0 bridgehead atoms. The van der Waals surface area contributed by atoms with Crippen LogP contribution in [0.15, 0.2) is 0 Å². The summed E-state index contributed by atoms with van der Waals surface area (Å²) >= 11 is 0. The van der Waals surface area contributed by atoms with E-state index in [0.29, 0.717) is 0 Å². The Hall–Kier alpha value is 0.394. The summed E-state index contributed by atoms with van der Waals surface area (Å²) in [5.74, 6) is 0. The Balaban J connectivity index is 2.72. The largest absolute Gasteiger partial charge is 0.356 e. The third-order valence-corrected chi connectivity index (χ3v) is 4.31. The minimum atomic E-state index is -0.563. The number of unbranched alkanes of at least 4 members (excludes halogenated alkanes) is 2. The average Bonchev–Trinajstić information content (AvgIpc) is 1.66. The highest BCUT2D eigenvalue weighted by atomic mass is 29.2. The molecule has 1 atom stereocenters. The lowest BCUT2D eigenvalue weighted by atomic mass is 10.3. The van der Waals surface area contributed by atoms with E-state index >= 15 is 0 Å². The van der Waals surface area contributed by atoms with Crippen LogP contribution in [-0.4, -0.2) is 18.2 Å². The van der Waals surface area contributed by atoms with Crippen LogP contribution >= 0.6 is 0 Å². The molecule has 2 N–H and O–H groups in total. The van der Waals surface area contributed by atoms with Gasteiger partial charge in [-0.3, -0.25) is 0 Å². The van der Waals surface area contributed by atoms with Crippen molar-refractivity contribution < 1.29 is 0 Å². The van der Waals surface area contributed by atoms with Crippen molar-refractivity contribution in [2.24, 2.45) is 5.40 Å². The smallest absolute Gasteiger partial charge is 0.0850 e. The van der Waals surface area contributed by atoms with Crippen LogP contribution in [0.2, 0.25) is 6.04 Å². The molecule has 3 heteroatoms. The summed E-state index contributed by atoms with van der Waals surface area (Å²) in [6.45, 7) is 2.24. The van der Waals surface area contributed by atoms with Gasteiger partial charge in [0.15, 0.2) is 0 Å². The molecule has 0 aromatic heterocycles. The number of rotatable bonds is 4. The maximum Gasteiger partial charge on any atom is 0.0850 e. The first-order valence-corrected chi connectivity index (χ1v) is 9.63. The summed E-state index contributed by atoms with van der Waals surface area (Å²) < 4.78 is 0. The Bertz CT molecular complexity index is 47.7. The maximum atomic E-state index is 5.73. The highest BCUT2D eigenvalue weighted by Crippen LogP contribution is 1.98. The van der Waals surface area contributed by atoms with Gasteiger partial charge in [0.25, 0.3) is 0 Å². The van der Waals surface area contributed by atoms with Crippen molar-refractivity contribution in [3.8, 4) is 0 Å². The summed E-state index contributed by atoms with van der Waals surface area (Å²) in [6, 6.07) is 1.39. The van der Waals surface area contributed by atoms with Gasteiger partial charge in [0.1, 0.15) is 0 Å². The van der Waals surface area contributed by atoms with Crippen LogP contribution in [0.5, 0.6) is 0 Å². The maximum absolute atomic E-state index is 5.73. The molecule has 50 valence electrons. The van der Waals surface area contributed by atoms with E-state index in [2.05, 4.69) is 6.92 Å². The Morgan fingerprint density at radius 2 is 2.12 bits per heavy atom. The molecule has 0 heterocycles. The van der Waals surface area contributed by atoms with E-state index in [-0.39, 0.29) is 0 Å². The lowest BCUT2D eigenvalue weighted by Gasteiger charge is -1.99. The molecular weight excluding hydrogens is 130 g/mol. The van der Waals surface area contributed by atoms with Gasteiger partial charge < -0.3 is 5.40 Å². The van der Waals surface area contributed by atoms with Gasteiger partial charge in [-0.15, -0.1) is 0 Å². The Morgan fingerprint density at radius 3 is 2.50 bits per heavy atom. The Morgan fingerprint density at radius 1 is 1.50 bits per heavy atom. The fourth-order valence-corrected chi connectivity index (χ4v) is 2.87. The van der Waals surface area contributed by atoms with Crippen LogP contribution in [0, 0.1) is 0 Å². The lowest BCUT2D eigenvalue weighted by molar-refractivity contribution is 0.767. The second kappa shape index (κ2) is 5.53. The predicted molar refractivity (Wildman–Crippen MR) is 45.6 cm³/mol. The SMILES string of the molecule is CCCCC[SiH](N)[SiH3]. The lowest BCUT2D eigenvalue weighted by Crippen LogP contribution is -2.25. The highest BCUT2D eigenvalue weighted by Gasteiger charge is 1.93. The van der Waals surface area contributed by atoms with Gasteiger partial charge in [-0.05, 0) is 0 Å². The third kappa shape index (κ3) is 6.39. The van der Waals surface area contributed by atoms with E-state index in [1.807, 2.05) is 0 Å².